The minimum atomic E-state index is -0.0825. The van der Waals surface area contributed by atoms with Crippen LogP contribution in [-0.2, 0) is 9.59 Å². The highest BCUT2D eigenvalue weighted by atomic mass is 16.2. The Morgan fingerprint density at radius 3 is 2.78 bits per heavy atom. The summed E-state index contributed by atoms with van der Waals surface area (Å²) in [7, 11) is 0. The van der Waals surface area contributed by atoms with Gasteiger partial charge in [-0.1, -0.05) is 6.92 Å². The van der Waals surface area contributed by atoms with Crippen LogP contribution in [0.3, 0.4) is 0 Å². The summed E-state index contributed by atoms with van der Waals surface area (Å²) in [4.78, 5) is 20.1. The van der Waals surface area contributed by atoms with Crippen LogP contribution in [0.15, 0.2) is 0 Å². The van der Waals surface area contributed by atoms with Gasteiger partial charge in [-0.2, -0.15) is 0 Å². The van der Waals surface area contributed by atoms with Gasteiger partial charge in [0.2, 0.25) is 12.2 Å². The fourth-order valence-electron chi connectivity index (χ4n) is 0.450. The summed E-state index contributed by atoms with van der Waals surface area (Å²) in [6, 6.07) is 0. The Hall–Kier alpha value is -0.860. The summed E-state index contributed by atoms with van der Waals surface area (Å²) in [5.41, 5.74) is 0. The maximum atomic E-state index is 10.5. The van der Waals surface area contributed by atoms with E-state index in [1.54, 1.807) is 6.29 Å². The van der Waals surface area contributed by atoms with Crippen molar-refractivity contribution in [2.45, 2.75) is 19.8 Å². The molecule has 0 saturated heterocycles. The predicted octanol–water partition coefficient (Wildman–Crippen LogP) is 0.0124. The normalized spacial score (nSPS) is 8.56. The number of rotatable bonds is 4. The van der Waals surface area contributed by atoms with Gasteiger partial charge in [-0.25, -0.2) is 0 Å². The maximum absolute atomic E-state index is 10.5. The second kappa shape index (κ2) is 5.28. The van der Waals surface area contributed by atoms with Gasteiger partial charge in [0.25, 0.3) is 0 Å². The zero-order valence-electron chi connectivity index (χ0n) is 5.44. The molecule has 1 amide bonds. The van der Waals surface area contributed by atoms with E-state index in [0.29, 0.717) is 6.42 Å². The van der Waals surface area contributed by atoms with Gasteiger partial charge >= 0.3 is 0 Å². The highest BCUT2D eigenvalue weighted by Gasteiger charge is 1.94. The van der Waals surface area contributed by atoms with Crippen LogP contribution in [-0.4, -0.2) is 18.7 Å². The number of hydrogen-bond acceptors (Lipinski definition) is 2. The second-order valence-electron chi connectivity index (χ2n) is 1.67. The Morgan fingerprint density at radius 1 is 1.67 bits per heavy atom. The minimum absolute atomic E-state index is 0.0127. The zero-order chi connectivity index (χ0) is 7.11. The van der Waals surface area contributed by atoms with E-state index >= 15 is 0 Å². The molecular formula is C6H10NO2. The lowest BCUT2D eigenvalue weighted by Crippen LogP contribution is -2.24. The molecule has 0 spiro atoms. The molecule has 0 heterocycles. The Bertz CT molecular complexity index is 101. The first kappa shape index (κ1) is 8.14. The fourth-order valence-corrected chi connectivity index (χ4v) is 0.450. The minimum Gasteiger partial charge on any atom is -0.349 e. The summed E-state index contributed by atoms with van der Waals surface area (Å²) >= 11 is 0. The molecule has 0 rings (SSSR count). The molecule has 0 saturated carbocycles. The van der Waals surface area contributed by atoms with Crippen molar-refractivity contribution in [2.24, 2.45) is 0 Å². The molecule has 3 nitrogen and oxygen atoms in total. The molecule has 0 aliphatic heterocycles. The maximum Gasteiger partial charge on any atom is 0.220 e. The molecule has 0 aliphatic rings. The van der Waals surface area contributed by atoms with E-state index in [4.69, 9.17) is 0 Å². The van der Waals surface area contributed by atoms with E-state index in [0.717, 1.165) is 6.42 Å². The predicted molar refractivity (Wildman–Crippen MR) is 33.6 cm³/mol. The molecule has 0 bridgehead atoms. The van der Waals surface area contributed by atoms with Crippen molar-refractivity contribution in [2.75, 3.05) is 6.54 Å². The van der Waals surface area contributed by atoms with E-state index in [2.05, 4.69) is 5.32 Å². The van der Waals surface area contributed by atoms with Crippen LogP contribution in [0.4, 0.5) is 0 Å². The van der Waals surface area contributed by atoms with Gasteiger partial charge in [0.1, 0.15) is 0 Å². The summed E-state index contributed by atoms with van der Waals surface area (Å²) in [6.45, 7) is 1.92. The SMILES string of the molecule is CCCC(=O)NC[C]=O. The van der Waals surface area contributed by atoms with Crippen LogP contribution >= 0.6 is 0 Å². The van der Waals surface area contributed by atoms with Gasteiger partial charge < -0.3 is 5.32 Å². The van der Waals surface area contributed by atoms with Crippen molar-refractivity contribution in [3.63, 3.8) is 0 Å². The Labute approximate surface area is 54.4 Å². The van der Waals surface area contributed by atoms with E-state index in [9.17, 15) is 9.59 Å². The number of carbonyl (C=O) groups is 1. The van der Waals surface area contributed by atoms with Gasteiger partial charge in [0, 0.05) is 6.42 Å². The van der Waals surface area contributed by atoms with Crippen molar-refractivity contribution < 1.29 is 9.59 Å². The number of nitrogens with one attached hydrogen (secondary N) is 1. The molecule has 1 N–H and O–H groups in total. The Kier molecular flexibility index (Phi) is 4.78. The highest BCUT2D eigenvalue weighted by Crippen LogP contribution is 1.83. The molecule has 0 unspecified atom stereocenters. The molecule has 0 aromatic heterocycles. The molecule has 0 aliphatic carbocycles. The van der Waals surface area contributed by atoms with Crippen molar-refractivity contribution in [1.29, 1.82) is 0 Å². The second-order valence-corrected chi connectivity index (χ2v) is 1.67. The number of carbonyl (C=O) groups excluding carboxylic acids is 2. The quantitative estimate of drug-likeness (QED) is 0.579. The molecule has 3 heteroatoms. The van der Waals surface area contributed by atoms with E-state index in [1.807, 2.05) is 6.92 Å². The Balaban J connectivity index is 3.16. The van der Waals surface area contributed by atoms with E-state index in [1.165, 1.54) is 0 Å². The third kappa shape index (κ3) is 5.00. The topological polar surface area (TPSA) is 46.2 Å². The molecule has 0 aromatic carbocycles. The molecule has 1 radical (unpaired) electrons. The van der Waals surface area contributed by atoms with E-state index in [-0.39, 0.29) is 12.5 Å². The van der Waals surface area contributed by atoms with Crippen molar-refractivity contribution in [1.82, 2.24) is 5.32 Å². The third-order valence-corrected chi connectivity index (χ3v) is 0.835. The average Bonchev–Trinajstić information content (AvgIpc) is 1.85. The molecule has 0 fully saturated rings. The smallest absolute Gasteiger partial charge is 0.220 e. The molecule has 0 atom stereocenters. The van der Waals surface area contributed by atoms with Crippen molar-refractivity contribution >= 4 is 12.2 Å². The van der Waals surface area contributed by atoms with E-state index < -0.39 is 0 Å². The van der Waals surface area contributed by atoms with Crippen LogP contribution in [0.25, 0.3) is 0 Å². The first-order chi connectivity index (χ1) is 4.31. The summed E-state index contributed by atoms with van der Waals surface area (Å²) in [5.74, 6) is -0.0825. The monoisotopic (exact) mass is 128 g/mol. The lowest BCUT2D eigenvalue weighted by Gasteiger charge is -1.95. The van der Waals surface area contributed by atoms with Crippen LogP contribution < -0.4 is 5.32 Å². The lowest BCUT2D eigenvalue weighted by atomic mass is 10.3. The van der Waals surface area contributed by atoms with Crippen molar-refractivity contribution in [3.05, 3.63) is 0 Å². The summed E-state index contributed by atoms with van der Waals surface area (Å²) in [6.07, 6.45) is 2.87. The number of hydrogen-bond donors (Lipinski definition) is 1. The van der Waals surface area contributed by atoms with Gasteiger partial charge in [-0.05, 0) is 6.42 Å². The molecule has 51 valence electrons. The van der Waals surface area contributed by atoms with Crippen LogP contribution in [0.2, 0.25) is 0 Å². The molecular weight excluding hydrogens is 118 g/mol. The Morgan fingerprint density at radius 2 is 2.33 bits per heavy atom. The fraction of sp³-hybridized carbons (Fsp3) is 0.667. The first-order valence-corrected chi connectivity index (χ1v) is 2.93. The van der Waals surface area contributed by atoms with Crippen LogP contribution in [0, 0.1) is 0 Å². The van der Waals surface area contributed by atoms with Gasteiger partial charge in [-0.3, -0.25) is 9.59 Å². The zero-order valence-corrected chi connectivity index (χ0v) is 5.44. The molecule has 9 heavy (non-hydrogen) atoms. The van der Waals surface area contributed by atoms with Gasteiger partial charge in [0.05, 0.1) is 6.54 Å². The first-order valence-electron chi connectivity index (χ1n) is 2.93. The number of amides is 1. The van der Waals surface area contributed by atoms with Gasteiger partial charge in [0.15, 0.2) is 0 Å². The highest BCUT2D eigenvalue weighted by molar-refractivity contribution is 5.78. The summed E-state index contributed by atoms with van der Waals surface area (Å²) in [5, 5.41) is 2.37. The molecule has 0 aromatic rings. The van der Waals surface area contributed by atoms with Crippen LogP contribution in [0.5, 0.6) is 0 Å². The standard InChI is InChI=1S/C6H10NO2/c1-2-3-6(9)7-4-5-8/h2-4H2,1H3,(H,7,9). The summed E-state index contributed by atoms with van der Waals surface area (Å²) < 4.78 is 0. The van der Waals surface area contributed by atoms with Crippen LogP contribution in [0.1, 0.15) is 19.8 Å². The average molecular weight is 128 g/mol. The lowest BCUT2D eigenvalue weighted by molar-refractivity contribution is -0.120. The third-order valence-electron chi connectivity index (χ3n) is 0.835. The largest absolute Gasteiger partial charge is 0.349 e. The van der Waals surface area contributed by atoms with Gasteiger partial charge in [-0.15, -0.1) is 0 Å². The van der Waals surface area contributed by atoms with Crippen molar-refractivity contribution in [3.8, 4) is 0 Å².